The van der Waals surface area contributed by atoms with Gasteiger partial charge in [0.05, 0.1) is 16.8 Å². The Balaban J connectivity index is 2.37. The molecule has 0 saturated carbocycles. The molecule has 0 aliphatic carbocycles. The molecule has 3 rings (SSSR count). The third-order valence-corrected chi connectivity index (χ3v) is 3.57. The minimum atomic E-state index is 0.389. The molecule has 0 bridgehead atoms. The Labute approximate surface area is 123 Å². The minimum Gasteiger partial charge on any atom is -0.369 e. The lowest BCUT2D eigenvalue weighted by molar-refractivity contribution is 1.11. The number of anilines is 1. The fourth-order valence-corrected chi connectivity index (χ4v) is 2.62. The molecule has 0 amide bonds. The summed E-state index contributed by atoms with van der Waals surface area (Å²) in [5.41, 5.74) is 8.97. The zero-order valence-corrected chi connectivity index (χ0v) is 12.0. The van der Waals surface area contributed by atoms with E-state index in [-0.39, 0.29) is 0 Å². The number of aromatic nitrogens is 2. The molecular formula is C14H9IN4. The number of fused-ring (bicyclic) bond motifs is 1. The molecule has 92 valence electrons. The standard InChI is InChI=1S/C14H9IN4/c15-10-4-2-5-11(7-10)19-12-6-1-3-9(8-16)13(12)18-14(19)17/h1-7H,(H2,17,18). The smallest absolute Gasteiger partial charge is 0.205 e. The van der Waals surface area contributed by atoms with Gasteiger partial charge in [-0.05, 0) is 52.9 Å². The first-order chi connectivity index (χ1) is 9.20. The SMILES string of the molecule is N#Cc1cccc2c1nc(N)n2-c1cccc(I)c1. The number of imidazole rings is 1. The number of nitrogen functional groups attached to an aromatic ring is 1. The normalized spacial score (nSPS) is 10.5. The van der Waals surface area contributed by atoms with Gasteiger partial charge in [-0.15, -0.1) is 0 Å². The van der Waals surface area contributed by atoms with Crippen molar-refractivity contribution in [3.05, 3.63) is 51.6 Å². The topological polar surface area (TPSA) is 67.6 Å². The highest BCUT2D eigenvalue weighted by Gasteiger charge is 2.12. The van der Waals surface area contributed by atoms with Crippen LogP contribution >= 0.6 is 22.6 Å². The molecule has 0 aliphatic heterocycles. The van der Waals surface area contributed by atoms with Crippen molar-refractivity contribution in [2.45, 2.75) is 0 Å². The second-order valence-electron chi connectivity index (χ2n) is 4.07. The van der Waals surface area contributed by atoms with Gasteiger partial charge in [0, 0.05) is 3.57 Å². The fraction of sp³-hybridized carbons (Fsp3) is 0. The van der Waals surface area contributed by atoms with Crippen LogP contribution < -0.4 is 5.73 Å². The fourth-order valence-electron chi connectivity index (χ4n) is 2.09. The molecule has 0 fully saturated rings. The molecule has 3 aromatic rings. The second kappa shape index (κ2) is 4.55. The molecule has 0 spiro atoms. The molecule has 2 aromatic carbocycles. The molecule has 0 radical (unpaired) electrons. The predicted molar refractivity (Wildman–Crippen MR) is 82.9 cm³/mol. The Hall–Kier alpha value is -2.07. The van der Waals surface area contributed by atoms with E-state index in [0.717, 1.165) is 14.8 Å². The van der Waals surface area contributed by atoms with Crippen LogP contribution in [0, 0.1) is 14.9 Å². The van der Waals surface area contributed by atoms with E-state index in [0.29, 0.717) is 17.0 Å². The van der Waals surface area contributed by atoms with Gasteiger partial charge < -0.3 is 5.73 Å². The number of hydrogen-bond donors (Lipinski definition) is 1. The van der Waals surface area contributed by atoms with E-state index in [2.05, 4.69) is 33.6 Å². The van der Waals surface area contributed by atoms with Crippen LogP contribution in [0.15, 0.2) is 42.5 Å². The van der Waals surface area contributed by atoms with E-state index in [1.54, 1.807) is 6.07 Å². The molecule has 0 aliphatic rings. The van der Waals surface area contributed by atoms with Crippen molar-refractivity contribution >= 4 is 39.6 Å². The molecule has 19 heavy (non-hydrogen) atoms. The number of para-hydroxylation sites is 1. The van der Waals surface area contributed by atoms with Crippen LogP contribution in [0.3, 0.4) is 0 Å². The van der Waals surface area contributed by atoms with E-state index in [1.165, 1.54) is 0 Å². The summed E-state index contributed by atoms with van der Waals surface area (Å²) in [5.74, 6) is 0.389. The maximum Gasteiger partial charge on any atom is 0.205 e. The van der Waals surface area contributed by atoms with Crippen molar-refractivity contribution in [2.75, 3.05) is 5.73 Å². The molecule has 0 saturated heterocycles. The number of rotatable bonds is 1. The monoisotopic (exact) mass is 360 g/mol. The van der Waals surface area contributed by atoms with Gasteiger partial charge in [0.1, 0.15) is 11.6 Å². The highest BCUT2D eigenvalue weighted by Crippen LogP contribution is 2.25. The van der Waals surface area contributed by atoms with E-state index in [1.807, 2.05) is 41.0 Å². The molecule has 5 heteroatoms. The summed E-state index contributed by atoms with van der Waals surface area (Å²) in [4.78, 5) is 4.31. The van der Waals surface area contributed by atoms with Gasteiger partial charge in [0.2, 0.25) is 5.95 Å². The lowest BCUT2D eigenvalue weighted by atomic mass is 10.2. The summed E-state index contributed by atoms with van der Waals surface area (Å²) in [7, 11) is 0. The third kappa shape index (κ3) is 1.94. The molecule has 1 aromatic heterocycles. The third-order valence-electron chi connectivity index (χ3n) is 2.90. The quantitative estimate of drug-likeness (QED) is 0.679. The number of halogens is 1. The highest BCUT2D eigenvalue weighted by atomic mass is 127. The Morgan fingerprint density at radius 1 is 1.21 bits per heavy atom. The highest BCUT2D eigenvalue weighted by molar-refractivity contribution is 14.1. The number of nitrogens with two attached hydrogens (primary N) is 1. The number of nitriles is 1. The van der Waals surface area contributed by atoms with Crippen LogP contribution in [0.5, 0.6) is 0 Å². The number of nitrogens with zero attached hydrogens (tertiary/aromatic N) is 3. The van der Waals surface area contributed by atoms with Crippen molar-refractivity contribution in [3.63, 3.8) is 0 Å². The van der Waals surface area contributed by atoms with Gasteiger partial charge in [0.15, 0.2) is 0 Å². The summed E-state index contributed by atoms with van der Waals surface area (Å²) in [6.45, 7) is 0. The van der Waals surface area contributed by atoms with Crippen molar-refractivity contribution in [1.29, 1.82) is 5.26 Å². The molecule has 0 unspecified atom stereocenters. The van der Waals surface area contributed by atoms with Crippen LogP contribution in [-0.2, 0) is 0 Å². The number of benzene rings is 2. The van der Waals surface area contributed by atoms with Gasteiger partial charge in [-0.2, -0.15) is 5.26 Å². The zero-order valence-electron chi connectivity index (χ0n) is 9.84. The summed E-state index contributed by atoms with van der Waals surface area (Å²) in [6, 6.07) is 15.6. The Kier molecular flexibility index (Phi) is 2.87. The largest absolute Gasteiger partial charge is 0.369 e. The first kappa shape index (κ1) is 12.0. The summed E-state index contributed by atoms with van der Waals surface area (Å²) >= 11 is 2.25. The lowest BCUT2D eigenvalue weighted by Gasteiger charge is -2.06. The van der Waals surface area contributed by atoms with Crippen LogP contribution in [0.25, 0.3) is 16.7 Å². The molecular weight excluding hydrogens is 351 g/mol. The van der Waals surface area contributed by atoms with Crippen molar-refractivity contribution in [1.82, 2.24) is 9.55 Å². The van der Waals surface area contributed by atoms with Crippen LogP contribution in [0.1, 0.15) is 5.56 Å². The van der Waals surface area contributed by atoms with Crippen molar-refractivity contribution < 1.29 is 0 Å². The van der Waals surface area contributed by atoms with Crippen molar-refractivity contribution in [3.8, 4) is 11.8 Å². The number of hydrogen-bond acceptors (Lipinski definition) is 3. The first-order valence-electron chi connectivity index (χ1n) is 5.63. The van der Waals surface area contributed by atoms with Gasteiger partial charge in [0.25, 0.3) is 0 Å². The van der Waals surface area contributed by atoms with Crippen LogP contribution in [0.4, 0.5) is 5.95 Å². The average molecular weight is 360 g/mol. The summed E-state index contributed by atoms with van der Waals surface area (Å²) in [6.07, 6.45) is 0. The van der Waals surface area contributed by atoms with Crippen LogP contribution in [-0.4, -0.2) is 9.55 Å². The van der Waals surface area contributed by atoms with Gasteiger partial charge >= 0.3 is 0 Å². The van der Waals surface area contributed by atoms with Gasteiger partial charge in [-0.25, -0.2) is 4.98 Å². The maximum atomic E-state index is 9.11. The lowest BCUT2D eigenvalue weighted by Crippen LogP contribution is -2.00. The predicted octanol–water partition coefficient (Wildman–Crippen LogP) is 3.08. The van der Waals surface area contributed by atoms with Crippen LogP contribution in [0.2, 0.25) is 0 Å². The Morgan fingerprint density at radius 2 is 2.00 bits per heavy atom. The summed E-state index contributed by atoms with van der Waals surface area (Å²) in [5, 5.41) is 9.11. The molecule has 4 nitrogen and oxygen atoms in total. The van der Waals surface area contributed by atoms with E-state index < -0.39 is 0 Å². The van der Waals surface area contributed by atoms with E-state index in [4.69, 9.17) is 11.0 Å². The second-order valence-corrected chi connectivity index (χ2v) is 5.32. The Bertz CT molecular complexity index is 814. The molecule has 2 N–H and O–H groups in total. The Morgan fingerprint density at radius 3 is 2.74 bits per heavy atom. The summed E-state index contributed by atoms with van der Waals surface area (Å²) < 4.78 is 2.98. The van der Waals surface area contributed by atoms with Gasteiger partial charge in [-0.1, -0.05) is 12.1 Å². The van der Waals surface area contributed by atoms with E-state index >= 15 is 0 Å². The van der Waals surface area contributed by atoms with Crippen molar-refractivity contribution in [2.24, 2.45) is 0 Å². The first-order valence-corrected chi connectivity index (χ1v) is 6.71. The zero-order chi connectivity index (χ0) is 13.4. The minimum absolute atomic E-state index is 0.389. The maximum absolute atomic E-state index is 9.11. The van der Waals surface area contributed by atoms with E-state index in [9.17, 15) is 0 Å². The molecule has 1 heterocycles. The van der Waals surface area contributed by atoms with Gasteiger partial charge in [-0.3, -0.25) is 4.57 Å². The molecule has 0 atom stereocenters. The average Bonchev–Trinajstić information content (AvgIpc) is 2.74.